The molecule has 1 aromatic heterocycles. The first-order valence-corrected chi connectivity index (χ1v) is 15.2. The molecule has 1 amide bonds. The fourth-order valence-corrected chi connectivity index (χ4v) is 7.93. The number of carbonyl (C=O) groups is 2. The number of carboxylic acids is 1. The van der Waals surface area contributed by atoms with Gasteiger partial charge in [-0.3, -0.25) is 9.59 Å². The SMILES string of the molecule is O=C(O)CCCC=CC[C@@H]1CC2CC(C2)[C@H]1NC(=O)c1c(OS(=O)(=O)c2ccccc2)sc2ccccc12. The summed E-state index contributed by atoms with van der Waals surface area (Å²) in [5.74, 6) is 0.288. The number of nitrogens with one attached hydrogen (secondary N) is 1. The topological polar surface area (TPSA) is 110 Å². The molecule has 6 rings (SSSR count). The smallest absolute Gasteiger partial charge is 0.340 e. The van der Waals surface area contributed by atoms with Gasteiger partial charge in [0.25, 0.3) is 5.91 Å². The molecule has 0 saturated heterocycles. The highest BCUT2D eigenvalue weighted by Crippen LogP contribution is 2.49. The number of rotatable bonds is 11. The van der Waals surface area contributed by atoms with Gasteiger partial charge in [0.2, 0.25) is 5.06 Å². The van der Waals surface area contributed by atoms with Crippen LogP contribution in [0.25, 0.3) is 10.1 Å². The number of carboxylic acid groups (broad SMARTS) is 1. The predicted octanol–water partition coefficient (Wildman–Crippen LogP) is 6.01. The second-order valence-electron chi connectivity index (χ2n) is 10.2. The zero-order chi connectivity index (χ0) is 26.7. The molecule has 2 aromatic carbocycles. The molecular formula is C29H31NO6S2. The number of unbranched alkanes of at least 4 members (excludes halogenated alkanes) is 1. The van der Waals surface area contributed by atoms with Gasteiger partial charge < -0.3 is 14.6 Å². The summed E-state index contributed by atoms with van der Waals surface area (Å²) in [6.45, 7) is 0. The molecule has 7 nitrogen and oxygen atoms in total. The van der Waals surface area contributed by atoms with E-state index in [0.29, 0.717) is 23.6 Å². The molecule has 0 unspecified atom stereocenters. The molecule has 2 atom stereocenters. The second-order valence-corrected chi connectivity index (χ2v) is 12.8. The van der Waals surface area contributed by atoms with E-state index in [1.807, 2.05) is 30.3 Å². The highest BCUT2D eigenvalue weighted by atomic mass is 32.2. The Balaban J connectivity index is 1.35. The van der Waals surface area contributed by atoms with Gasteiger partial charge in [0.05, 0.1) is 0 Å². The van der Waals surface area contributed by atoms with E-state index < -0.39 is 16.1 Å². The maximum atomic E-state index is 13.8. The fourth-order valence-electron chi connectivity index (χ4n) is 5.73. The van der Waals surface area contributed by atoms with Crippen LogP contribution in [0.2, 0.25) is 0 Å². The molecule has 3 aromatic rings. The van der Waals surface area contributed by atoms with Crippen LogP contribution in [-0.2, 0) is 14.9 Å². The monoisotopic (exact) mass is 553 g/mol. The van der Waals surface area contributed by atoms with Crippen LogP contribution in [0, 0.1) is 17.8 Å². The normalized spacial score (nSPS) is 22.7. The minimum absolute atomic E-state index is 0.00610. The third kappa shape index (κ3) is 5.78. The highest BCUT2D eigenvalue weighted by molar-refractivity contribution is 7.87. The van der Waals surface area contributed by atoms with E-state index in [2.05, 4.69) is 11.4 Å². The van der Waals surface area contributed by atoms with E-state index in [1.165, 1.54) is 12.1 Å². The van der Waals surface area contributed by atoms with E-state index in [9.17, 15) is 18.0 Å². The third-order valence-electron chi connectivity index (χ3n) is 7.60. The zero-order valence-electron chi connectivity index (χ0n) is 20.9. The lowest BCUT2D eigenvalue weighted by atomic mass is 9.58. The van der Waals surface area contributed by atoms with Crippen LogP contribution in [-0.4, -0.2) is 31.4 Å². The number of hydrogen-bond donors (Lipinski definition) is 2. The van der Waals surface area contributed by atoms with Crippen LogP contribution < -0.4 is 9.50 Å². The van der Waals surface area contributed by atoms with Crippen molar-refractivity contribution in [3.8, 4) is 5.06 Å². The minimum Gasteiger partial charge on any atom is -0.481 e. The molecule has 2 N–H and O–H groups in total. The molecule has 200 valence electrons. The molecule has 0 spiro atoms. The van der Waals surface area contributed by atoms with Crippen LogP contribution in [0.4, 0.5) is 0 Å². The molecule has 38 heavy (non-hydrogen) atoms. The average Bonchev–Trinajstić information content (AvgIpc) is 3.23. The first-order chi connectivity index (χ1) is 18.3. The largest absolute Gasteiger partial charge is 0.481 e. The Morgan fingerprint density at radius 2 is 1.76 bits per heavy atom. The molecule has 3 fully saturated rings. The van der Waals surface area contributed by atoms with E-state index in [-0.39, 0.29) is 39.8 Å². The number of amides is 1. The summed E-state index contributed by atoms with van der Waals surface area (Å²) in [6, 6.07) is 15.3. The van der Waals surface area contributed by atoms with Gasteiger partial charge in [-0.1, -0.05) is 59.9 Å². The zero-order valence-corrected chi connectivity index (χ0v) is 22.5. The van der Waals surface area contributed by atoms with Crippen LogP contribution >= 0.6 is 11.3 Å². The standard InChI is InChI=1S/C29H31NO6S2/c31-25(32)15-7-2-1-4-10-20-16-19-17-21(18-19)27(20)30-28(33)26-23-13-8-9-14-24(23)37-29(26)36-38(34,35)22-11-5-3-6-12-22/h1,3-6,8-9,11-14,19-21,27H,2,7,10,15-18H2,(H,30,33)(H,31,32)/t19?,20-,21?,27+/m1/s1. The average molecular weight is 554 g/mol. The van der Waals surface area contributed by atoms with Crippen molar-refractivity contribution < 1.29 is 27.3 Å². The van der Waals surface area contributed by atoms with Gasteiger partial charge in [-0.05, 0) is 74.5 Å². The van der Waals surface area contributed by atoms with Gasteiger partial charge >= 0.3 is 16.1 Å². The number of benzene rings is 2. The van der Waals surface area contributed by atoms with Gasteiger partial charge in [0, 0.05) is 22.5 Å². The first kappa shape index (κ1) is 26.4. The van der Waals surface area contributed by atoms with E-state index >= 15 is 0 Å². The summed E-state index contributed by atoms with van der Waals surface area (Å²) in [5.41, 5.74) is 0.259. The predicted molar refractivity (Wildman–Crippen MR) is 147 cm³/mol. The third-order valence-corrected chi connectivity index (χ3v) is 9.99. The minimum atomic E-state index is -4.10. The van der Waals surface area contributed by atoms with E-state index in [0.717, 1.165) is 48.1 Å². The summed E-state index contributed by atoms with van der Waals surface area (Å²) >= 11 is 1.16. The van der Waals surface area contributed by atoms with Crippen molar-refractivity contribution in [2.45, 2.75) is 55.9 Å². The van der Waals surface area contributed by atoms with Crippen molar-refractivity contribution in [2.24, 2.45) is 17.8 Å². The van der Waals surface area contributed by atoms with Gasteiger partial charge in [-0.15, -0.1) is 0 Å². The van der Waals surface area contributed by atoms with E-state index in [4.69, 9.17) is 9.29 Å². The molecule has 3 saturated carbocycles. The van der Waals surface area contributed by atoms with Crippen molar-refractivity contribution >= 4 is 43.4 Å². The van der Waals surface area contributed by atoms with Crippen LogP contribution in [0.1, 0.15) is 55.3 Å². The Morgan fingerprint density at radius 3 is 2.53 bits per heavy atom. The first-order valence-electron chi connectivity index (χ1n) is 13.0. The van der Waals surface area contributed by atoms with Crippen LogP contribution in [0.15, 0.2) is 71.6 Å². The lowest BCUT2D eigenvalue weighted by molar-refractivity contribution is -0.137. The van der Waals surface area contributed by atoms with Gasteiger partial charge in [-0.2, -0.15) is 8.42 Å². The van der Waals surface area contributed by atoms with Crippen molar-refractivity contribution in [3.63, 3.8) is 0 Å². The summed E-state index contributed by atoms with van der Waals surface area (Å²) in [4.78, 5) is 24.5. The molecule has 1 heterocycles. The van der Waals surface area contributed by atoms with Gasteiger partial charge in [-0.25, -0.2) is 0 Å². The molecule has 3 aliphatic carbocycles. The maximum absolute atomic E-state index is 13.8. The molecule has 3 aliphatic rings. The second kappa shape index (κ2) is 11.3. The van der Waals surface area contributed by atoms with Crippen LogP contribution in [0.3, 0.4) is 0 Å². The number of allylic oxidation sites excluding steroid dienone is 2. The molecule has 2 bridgehead atoms. The molecule has 9 heteroatoms. The Kier molecular flexibility index (Phi) is 7.85. The van der Waals surface area contributed by atoms with Crippen molar-refractivity contribution in [2.75, 3.05) is 0 Å². The maximum Gasteiger partial charge on any atom is 0.340 e. The summed E-state index contributed by atoms with van der Waals surface area (Å²) in [5, 5.41) is 12.8. The Bertz CT molecular complexity index is 1440. The fraction of sp³-hybridized carbons (Fsp3) is 0.379. The Hall–Kier alpha value is -3.17. The molecular weight excluding hydrogens is 522 g/mol. The lowest BCUT2D eigenvalue weighted by Gasteiger charge is -2.51. The number of thiophene rings is 1. The Labute approximate surface area is 226 Å². The van der Waals surface area contributed by atoms with Crippen LogP contribution in [0.5, 0.6) is 5.06 Å². The van der Waals surface area contributed by atoms with Crippen molar-refractivity contribution in [1.29, 1.82) is 0 Å². The Morgan fingerprint density at radius 1 is 1.03 bits per heavy atom. The number of fused-ring (bicyclic) bond motifs is 3. The number of hydrogen-bond acceptors (Lipinski definition) is 6. The van der Waals surface area contributed by atoms with Crippen molar-refractivity contribution in [3.05, 3.63) is 72.3 Å². The number of aliphatic carboxylic acids is 1. The molecule has 0 aliphatic heterocycles. The van der Waals surface area contributed by atoms with Gasteiger partial charge in [0.15, 0.2) is 0 Å². The summed E-state index contributed by atoms with van der Waals surface area (Å²) < 4.78 is 32.3. The van der Waals surface area contributed by atoms with Crippen molar-refractivity contribution in [1.82, 2.24) is 5.32 Å². The number of carbonyl (C=O) groups excluding carboxylic acids is 1. The van der Waals surface area contributed by atoms with E-state index in [1.54, 1.807) is 18.2 Å². The summed E-state index contributed by atoms with van der Waals surface area (Å²) in [6.07, 6.45) is 9.70. The lowest BCUT2D eigenvalue weighted by Crippen LogP contribution is -2.54. The summed E-state index contributed by atoms with van der Waals surface area (Å²) in [7, 11) is -4.10. The highest BCUT2D eigenvalue weighted by Gasteiger charge is 2.46. The molecule has 0 radical (unpaired) electrons. The quantitative estimate of drug-likeness (QED) is 0.171. The van der Waals surface area contributed by atoms with Gasteiger partial charge in [0.1, 0.15) is 10.5 Å².